The van der Waals surface area contributed by atoms with E-state index in [9.17, 15) is 9.59 Å². The lowest BCUT2D eigenvalue weighted by molar-refractivity contribution is -0.121. The van der Waals surface area contributed by atoms with Crippen LogP contribution in [-0.2, 0) is 11.2 Å². The van der Waals surface area contributed by atoms with Crippen LogP contribution in [-0.4, -0.2) is 55.6 Å². The Balaban J connectivity index is 1.53. The van der Waals surface area contributed by atoms with E-state index in [-0.39, 0.29) is 23.8 Å². The van der Waals surface area contributed by atoms with E-state index in [0.29, 0.717) is 35.8 Å². The van der Waals surface area contributed by atoms with Crippen LogP contribution < -0.4 is 20.1 Å². The third kappa shape index (κ3) is 3.97. The van der Waals surface area contributed by atoms with Gasteiger partial charge in [-0.2, -0.15) is 0 Å². The third-order valence-electron chi connectivity index (χ3n) is 6.47. The second-order valence-corrected chi connectivity index (χ2v) is 8.63. The molecule has 0 bridgehead atoms. The number of nitrogens with one attached hydrogen (secondary N) is 2. The Labute approximate surface area is 182 Å². The standard InChI is InChI=1S/C24H29N3O4/c1-15(11-16-9-10-20(30-3)21(12-16)31-4)27-13-18-23(29)25-19-8-6-5-7-17(19)22(28)26-24(18,2)14-27/h5-10,12,15,18H,11,13-14H2,1-4H3,(H,25,29)(H,26,28)/t15?,18-,24-/m0/s1. The molecule has 2 aliphatic heterocycles. The fourth-order valence-corrected chi connectivity index (χ4v) is 4.68. The van der Waals surface area contributed by atoms with E-state index < -0.39 is 5.54 Å². The highest BCUT2D eigenvalue weighted by Crippen LogP contribution is 2.34. The number of carbonyl (C=O) groups excluding carboxylic acids is 2. The first-order chi connectivity index (χ1) is 14.8. The number of carbonyl (C=O) groups is 2. The molecule has 2 N–H and O–H groups in total. The van der Waals surface area contributed by atoms with Gasteiger partial charge in [0.15, 0.2) is 11.5 Å². The summed E-state index contributed by atoms with van der Waals surface area (Å²) in [4.78, 5) is 28.3. The average Bonchev–Trinajstić information content (AvgIpc) is 3.10. The highest BCUT2D eigenvalue weighted by Gasteiger charge is 2.50. The highest BCUT2D eigenvalue weighted by molar-refractivity contribution is 6.06. The summed E-state index contributed by atoms with van der Waals surface area (Å²) in [6.45, 7) is 5.30. The van der Waals surface area contributed by atoms with Crippen LogP contribution in [0.25, 0.3) is 0 Å². The molecule has 1 unspecified atom stereocenters. The molecule has 1 saturated heterocycles. The smallest absolute Gasteiger partial charge is 0.253 e. The van der Waals surface area contributed by atoms with Crippen molar-refractivity contribution in [2.75, 3.05) is 32.6 Å². The maximum absolute atomic E-state index is 13.1. The van der Waals surface area contributed by atoms with E-state index in [1.807, 2.05) is 31.2 Å². The average molecular weight is 424 g/mol. The Kier molecular flexibility index (Phi) is 5.62. The van der Waals surface area contributed by atoms with Crippen LogP contribution in [0.2, 0.25) is 0 Å². The van der Waals surface area contributed by atoms with E-state index in [2.05, 4.69) is 22.5 Å². The molecule has 7 heteroatoms. The van der Waals surface area contributed by atoms with Gasteiger partial charge in [-0.25, -0.2) is 0 Å². The highest BCUT2D eigenvalue weighted by atomic mass is 16.5. The molecule has 3 atom stereocenters. The lowest BCUT2D eigenvalue weighted by atomic mass is 9.86. The molecule has 0 aliphatic carbocycles. The molecular weight excluding hydrogens is 394 g/mol. The van der Waals surface area contributed by atoms with Crippen molar-refractivity contribution >= 4 is 17.5 Å². The van der Waals surface area contributed by atoms with Gasteiger partial charge in [0.25, 0.3) is 5.91 Å². The first kappa shape index (κ1) is 21.2. The van der Waals surface area contributed by atoms with Crippen molar-refractivity contribution in [1.82, 2.24) is 10.2 Å². The van der Waals surface area contributed by atoms with Gasteiger partial charge in [-0.3, -0.25) is 14.5 Å². The molecule has 0 radical (unpaired) electrons. The van der Waals surface area contributed by atoms with Crippen molar-refractivity contribution in [3.8, 4) is 11.5 Å². The number of methoxy groups -OCH3 is 2. The molecule has 2 aromatic rings. The monoisotopic (exact) mass is 423 g/mol. The number of anilines is 1. The summed E-state index contributed by atoms with van der Waals surface area (Å²) in [5, 5.41) is 6.12. The van der Waals surface area contributed by atoms with E-state index in [0.717, 1.165) is 12.0 Å². The van der Waals surface area contributed by atoms with Gasteiger partial charge < -0.3 is 20.1 Å². The Morgan fingerprint density at radius 1 is 1.13 bits per heavy atom. The van der Waals surface area contributed by atoms with Gasteiger partial charge in [0, 0.05) is 19.1 Å². The van der Waals surface area contributed by atoms with Gasteiger partial charge in [-0.05, 0) is 50.1 Å². The number of nitrogens with zero attached hydrogens (tertiary/aromatic N) is 1. The van der Waals surface area contributed by atoms with Crippen molar-refractivity contribution in [1.29, 1.82) is 0 Å². The molecule has 1 fully saturated rings. The van der Waals surface area contributed by atoms with Crippen LogP contribution in [0.4, 0.5) is 5.69 Å². The zero-order valence-corrected chi connectivity index (χ0v) is 18.4. The first-order valence-electron chi connectivity index (χ1n) is 10.5. The van der Waals surface area contributed by atoms with Crippen molar-refractivity contribution in [2.24, 2.45) is 5.92 Å². The zero-order chi connectivity index (χ0) is 22.2. The number of rotatable bonds is 5. The quantitative estimate of drug-likeness (QED) is 0.773. The molecule has 0 aromatic heterocycles. The second kappa shape index (κ2) is 8.23. The number of amides is 2. The molecule has 4 rings (SSSR count). The maximum atomic E-state index is 13.1. The fraction of sp³-hybridized carbons (Fsp3) is 0.417. The first-order valence-corrected chi connectivity index (χ1v) is 10.5. The fourth-order valence-electron chi connectivity index (χ4n) is 4.68. The van der Waals surface area contributed by atoms with Crippen molar-refractivity contribution < 1.29 is 19.1 Å². The molecule has 2 aromatic carbocycles. The summed E-state index contributed by atoms with van der Waals surface area (Å²) in [6.07, 6.45) is 0.791. The lowest BCUT2D eigenvalue weighted by Crippen LogP contribution is -2.56. The maximum Gasteiger partial charge on any atom is 0.253 e. The zero-order valence-electron chi connectivity index (χ0n) is 18.4. The van der Waals surface area contributed by atoms with E-state index in [4.69, 9.17) is 9.47 Å². The minimum absolute atomic E-state index is 0.0595. The predicted molar refractivity (Wildman–Crippen MR) is 119 cm³/mol. The molecule has 0 spiro atoms. The Bertz CT molecular complexity index is 1010. The number of para-hydroxylation sites is 1. The third-order valence-corrected chi connectivity index (χ3v) is 6.47. The summed E-state index contributed by atoms with van der Waals surface area (Å²) >= 11 is 0. The minimum atomic E-state index is -0.638. The number of likely N-dealkylation sites (tertiary alicyclic amines) is 1. The molecule has 2 aliphatic rings. The van der Waals surface area contributed by atoms with Gasteiger partial charge in [-0.1, -0.05) is 18.2 Å². The van der Waals surface area contributed by atoms with Gasteiger partial charge in [0.1, 0.15) is 0 Å². The Morgan fingerprint density at radius 3 is 2.61 bits per heavy atom. The van der Waals surface area contributed by atoms with Crippen molar-refractivity contribution in [3.63, 3.8) is 0 Å². The van der Waals surface area contributed by atoms with Gasteiger partial charge in [0.05, 0.1) is 36.9 Å². The van der Waals surface area contributed by atoms with Crippen LogP contribution >= 0.6 is 0 Å². The minimum Gasteiger partial charge on any atom is -0.493 e. The van der Waals surface area contributed by atoms with Crippen LogP contribution in [0.15, 0.2) is 42.5 Å². The van der Waals surface area contributed by atoms with E-state index in [1.165, 1.54) is 0 Å². The van der Waals surface area contributed by atoms with Crippen LogP contribution in [0.1, 0.15) is 29.8 Å². The number of hydrogen-bond donors (Lipinski definition) is 2. The van der Waals surface area contributed by atoms with Gasteiger partial charge >= 0.3 is 0 Å². The number of hydrogen-bond acceptors (Lipinski definition) is 5. The van der Waals surface area contributed by atoms with Crippen LogP contribution in [0, 0.1) is 5.92 Å². The normalized spacial score (nSPS) is 24.2. The molecule has 0 saturated carbocycles. The Morgan fingerprint density at radius 2 is 1.87 bits per heavy atom. The summed E-state index contributed by atoms with van der Waals surface area (Å²) < 4.78 is 10.7. The molecule has 2 amide bonds. The Hall–Kier alpha value is -3.06. The summed E-state index contributed by atoms with van der Waals surface area (Å²) in [6, 6.07) is 13.2. The van der Waals surface area contributed by atoms with Gasteiger partial charge in [-0.15, -0.1) is 0 Å². The summed E-state index contributed by atoms with van der Waals surface area (Å²) in [5.74, 6) is 0.850. The second-order valence-electron chi connectivity index (χ2n) is 8.63. The predicted octanol–water partition coefficient (Wildman–Crippen LogP) is 2.71. The van der Waals surface area contributed by atoms with E-state index >= 15 is 0 Å². The number of fused-ring (bicyclic) bond motifs is 2. The number of ether oxygens (including phenoxy) is 2. The van der Waals surface area contributed by atoms with Crippen LogP contribution in [0.3, 0.4) is 0 Å². The van der Waals surface area contributed by atoms with Crippen LogP contribution in [0.5, 0.6) is 11.5 Å². The molecule has 2 heterocycles. The molecule has 7 nitrogen and oxygen atoms in total. The number of benzene rings is 2. The summed E-state index contributed by atoms with van der Waals surface area (Å²) in [5.41, 5.74) is 1.54. The largest absolute Gasteiger partial charge is 0.493 e. The molecular formula is C24H29N3O4. The molecule has 164 valence electrons. The lowest BCUT2D eigenvalue weighted by Gasteiger charge is -2.34. The SMILES string of the molecule is COc1ccc(CC(C)N2C[C@H]3C(=O)Nc4ccccc4C(=O)N[C@@]3(C)C2)cc1OC. The van der Waals surface area contributed by atoms with E-state index in [1.54, 1.807) is 32.4 Å². The van der Waals surface area contributed by atoms with Crippen molar-refractivity contribution in [2.45, 2.75) is 31.8 Å². The van der Waals surface area contributed by atoms with Crippen molar-refractivity contribution in [3.05, 3.63) is 53.6 Å². The summed E-state index contributed by atoms with van der Waals surface area (Å²) in [7, 11) is 3.25. The van der Waals surface area contributed by atoms with Gasteiger partial charge in [0.2, 0.25) is 5.91 Å². The topological polar surface area (TPSA) is 79.9 Å². The molecule has 31 heavy (non-hydrogen) atoms.